The van der Waals surface area contributed by atoms with Crippen molar-refractivity contribution >= 4 is 61.4 Å². The molecule has 9 aromatic rings. The van der Waals surface area contributed by atoms with Gasteiger partial charge in [-0.05, 0) is 144 Å². The summed E-state index contributed by atoms with van der Waals surface area (Å²) < 4.78 is 1.13. The fourth-order valence-electron chi connectivity index (χ4n) is 6.89. The number of halogens is 1. The summed E-state index contributed by atoms with van der Waals surface area (Å²) >= 11 is 3.31. The van der Waals surface area contributed by atoms with Crippen LogP contribution in [0.2, 0.25) is 0 Å². The molecule has 0 atom stereocenters. The van der Waals surface area contributed by atoms with Crippen LogP contribution in [0.15, 0.2) is 253 Å². The van der Waals surface area contributed by atoms with Crippen LogP contribution in [0.5, 0.6) is 0 Å². The number of nitrogens with zero attached hydrogens (tertiary/aromatic N) is 2. The van der Waals surface area contributed by atoms with Gasteiger partial charge in [-0.3, -0.25) is 0 Å². The predicted octanol–water partition coefficient (Wildman–Crippen LogP) is 12.9. The number of para-hydroxylation sites is 4. The van der Waals surface area contributed by atoms with Gasteiger partial charge < -0.3 is 26.4 Å². The summed E-state index contributed by atoms with van der Waals surface area (Å²) in [5.74, 6) is 0. The second-order valence-corrected chi connectivity index (χ2v) is 17.5. The summed E-state index contributed by atoms with van der Waals surface area (Å²) in [7, 11) is 0. The summed E-state index contributed by atoms with van der Waals surface area (Å²) in [5.41, 5.74) is 24.1. The molecule has 0 saturated heterocycles. The maximum atomic E-state index is 10.1. The van der Waals surface area contributed by atoms with Gasteiger partial charge >= 0.3 is 29.6 Å². The van der Waals surface area contributed by atoms with Crippen molar-refractivity contribution < 1.29 is 34.7 Å². The Hall–Kier alpha value is -6.38. The number of hydrogen-bond acceptors (Lipinski definition) is 5. The molecule has 0 saturated carbocycles. The van der Waals surface area contributed by atoms with Crippen LogP contribution in [0.1, 0.15) is 50.5 Å². The first-order chi connectivity index (χ1) is 32.0. The average molecular weight is 970 g/mol. The molecule has 0 aliphatic heterocycles. The number of benzene rings is 9. The monoisotopic (exact) mass is 968 g/mol. The SMILES string of the molecule is Brc1ccccc1.C.CC(C)(C)[O-].Nc1ccc(Cc2ccc(N)cc2)cc1.[Na+].c1ccc(N(c2ccccc2)c2ccc(Cc3ccc(N(c4ccccc4)c4ccccc4)cc3)cc2)cc1. The van der Waals surface area contributed by atoms with Gasteiger partial charge in [0.25, 0.3) is 0 Å². The maximum absolute atomic E-state index is 10.1. The molecule has 340 valence electrons. The van der Waals surface area contributed by atoms with Crippen molar-refractivity contribution in [3.63, 3.8) is 0 Å². The Morgan fingerprint density at radius 3 is 0.750 bits per heavy atom. The first kappa shape index (κ1) is 54.2. The third kappa shape index (κ3) is 18.4. The van der Waals surface area contributed by atoms with Gasteiger partial charge in [-0.25, -0.2) is 0 Å². The van der Waals surface area contributed by atoms with Crippen molar-refractivity contribution in [1.29, 1.82) is 0 Å². The van der Waals surface area contributed by atoms with Gasteiger partial charge in [0.15, 0.2) is 0 Å². The molecule has 0 aliphatic rings. The van der Waals surface area contributed by atoms with Gasteiger partial charge in [0, 0.05) is 50.0 Å². The minimum Gasteiger partial charge on any atom is -0.850 e. The van der Waals surface area contributed by atoms with E-state index in [4.69, 9.17) is 11.5 Å². The Kier molecular flexibility index (Phi) is 22.4. The zero-order chi connectivity index (χ0) is 46.6. The van der Waals surface area contributed by atoms with Crippen molar-refractivity contribution in [2.75, 3.05) is 21.3 Å². The number of nitrogen functional groups attached to an aromatic ring is 2. The molecule has 0 spiro atoms. The fourth-order valence-corrected chi connectivity index (χ4v) is 7.19. The normalized spacial score (nSPS) is 10.1. The molecule has 0 fully saturated rings. The fraction of sp³-hybridized carbons (Fsp3) is 0.115. The van der Waals surface area contributed by atoms with Crippen LogP contribution in [-0.4, -0.2) is 5.60 Å². The molecule has 0 bridgehead atoms. The molecule has 0 aliphatic carbocycles. The average Bonchev–Trinajstić information content (AvgIpc) is 3.33. The van der Waals surface area contributed by atoms with Crippen molar-refractivity contribution in [3.05, 3.63) is 275 Å². The van der Waals surface area contributed by atoms with Crippen LogP contribution in [0.25, 0.3) is 0 Å². The van der Waals surface area contributed by atoms with Crippen molar-refractivity contribution in [3.8, 4) is 0 Å². The van der Waals surface area contributed by atoms with Crippen LogP contribution >= 0.6 is 15.9 Å². The first-order valence-corrected chi connectivity index (χ1v) is 22.9. The van der Waals surface area contributed by atoms with E-state index >= 15 is 0 Å². The zero-order valence-electron chi connectivity index (χ0n) is 38.9. The number of nitrogens with two attached hydrogens (primary N) is 2. The molecule has 0 amide bonds. The molecule has 9 aromatic carbocycles. The smallest absolute Gasteiger partial charge is 0.850 e. The summed E-state index contributed by atoms with van der Waals surface area (Å²) in [6, 6.07) is 85.8. The molecule has 5 nitrogen and oxygen atoms in total. The second kappa shape index (κ2) is 28.1. The van der Waals surface area contributed by atoms with E-state index in [0.29, 0.717) is 0 Å². The molecule has 0 heterocycles. The van der Waals surface area contributed by atoms with Crippen LogP contribution in [0.3, 0.4) is 0 Å². The van der Waals surface area contributed by atoms with Crippen molar-refractivity contribution in [2.24, 2.45) is 0 Å². The number of anilines is 8. The van der Waals surface area contributed by atoms with E-state index in [0.717, 1.165) is 62.8 Å². The third-order valence-electron chi connectivity index (χ3n) is 9.96. The van der Waals surface area contributed by atoms with Crippen LogP contribution in [-0.2, 0) is 12.8 Å². The van der Waals surface area contributed by atoms with Gasteiger partial charge in [0.05, 0.1) is 0 Å². The van der Waals surface area contributed by atoms with Gasteiger partial charge in [-0.15, -0.1) is 5.60 Å². The summed E-state index contributed by atoms with van der Waals surface area (Å²) in [5, 5.41) is 10.1. The molecular formula is C61H62BrN4NaO. The van der Waals surface area contributed by atoms with Crippen LogP contribution in [0, 0.1) is 0 Å². The largest absolute Gasteiger partial charge is 1.00 e. The zero-order valence-corrected chi connectivity index (χ0v) is 42.5. The van der Waals surface area contributed by atoms with E-state index in [2.05, 4.69) is 196 Å². The Balaban J connectivity index is 0.000000284. The van der Waals surface area contributed by atoms with Crippen molar-refractivity contribution in [2.45, 2.75) is 46.6 Å². The Morgan fingerprint density at radius 2 is 0.544 bits per heavy atom. The Labute approximate surface area is 436 Å². The molecule has 0 unspecified atom stereocenters. The number of hydrogen-bond donors (Lipinski definition) is 2. The predicted molar refractivity (Wildman–Crippen MR) is 290 cm³/mol. The number of rotatable bonds is 10. The van der Waals surface area contributed by atoms with E-state index in [-0.39, 0.29) is 37.0 Å². The van der Waals surface area contributed by atoms with Crippen LogP contribution in [0.4, 0.5) is 45.5 Å². The van der Waals surface area contributed by atoms with E-state index in [9.17, 15) is 5.11 Å². The van der Waals surface area contributed by atoms with E-state index in [1.54, 1.807) is 20.8 Å². The molecule has 7 heteroatoms. The molecule has 4 N–H and O–H groups in total. The second-order valence-electron chi connectivity index (χ2n) is 16.6. The van der Waals surface area contributed by atoms with E-state index < -0.39 is 5.60 Å². The summed E-state index contributed by atoms with van der Waals surface area (Å²) in [6.45, 7) is 4.90. The first-order valence-electron chi connectivity index (χ1n) is 22.1. The minimum atomic E-state index is -0.750. The van der Waals surface area contributed by atoms with Crippen molar-refractivity contribution in [1.82, 2.24) is 0 Å². The van der Waals surface area contributed by atoms with E-state index in [1.165, 1.54) is 22.3 Å². The molecular weight excluding hydrogens is 908 g/mol. The third-order valence-corrected chi connectivity index (χ3v) is 10.5. The molecule has 0 aromatic heterocycles. The summed E-state index contributed by atoms with van der Waals surface area (Å²) in [4.78, 5) is 4.58. The molecule has 9 rings (SSSR count). The summed E-state index contributed by atoms with van der Waals surface area (Å²) in [6.07, 6.45) is 1.80. The van der Waals surface area contributed by atoms with Gasteiger partial charge in [0.2, 0.25) is 0 Å². The van der Waals surface area contributed by atoms with E-state index in [1.807, 2.05) is 78.9 Å². The molecule has 68 heavy (non-hydrogen) atoms. The Morgan fingerprint density at radius 1 is 0.353 bits per heavy atom. The van der Waals surface area contributed by atoms with Gasteiger partial charge in [-0.2, -0.15) is 0 Å². The Bertz CT molecular complexity index is 2470. The van der Waals surface area contributed by atoms with Crippen LogP contribution < -0.4 is 55.9 Å². The maximum Gasteiger partial charge on any atom is 1.00 e. The standard InChI is InChI=1S/C37H30N2.C13H14N2.C6H5Br.C4H9O.CH4.Na/c1-5-13-32(14-6-1)38(33-15-7-2-8-16-33)36-25-21-30(22-26-36)29-31-23-27-37(28-24-31)39(34-17-9-3-10-18-34)35-19-11-4-12-20-35;14-12-5-1-10(2-6-12)9-11-3-7-13(15)8-4-11;7-6-4-2-1-3-5-6;1-4(2,3)5;;/h1-28H,29H2;1-8H,9,14-15H2;1-5H;1-3H3;1H4;/q;;;-1;;+1. The minimum absolute atomic E-state index is 0. The molecule has 0 radical (unpaired) electrons. The van der Waals surface area contributed by atoms with Gasteiger partial charge in [0.1, 0.15) is 0 Å². The topological polar surface area (TPSA) is 81.6 Å². The quantitative estimate of drug-likeness (QED) is 0.105. The van der Waals surface area contributed by atoms with Gasteiger partial charge in [-0.1, -0.05) is 184 Å².